The third-order valence-electron chi connectivity index (χ3n) is 5.26. The van der Waals surface area contributed by atoms with E-state index >= 15 is 0 Å². The average molecular weight is 467 g/mol. The van der Waals surface area contributed by atoms with Crippen molar-refractivity contribution in [3.8, 4) is 0 Å². The molecule has 3 N–H and O–H groups in total. The lowest BCUT2D eigenvalue weighted by molar-refractivity contribution is -0.0655. The first-order valence-electron chi connectivity index (χ1n) is 9.50. The number of halogens is 3. The van der Waals surface area contributed by atoms with E-state index in [4.69, 9.17) is 21.8 Å². The monoisotopic (exact) mass is 466 g/mol. The van der Waals surface area contributed by atoms with E-state index in [2.05, 4.69) is 10.1 Å². The van der Waals surface area contributed by atoms with Crippen molar-refractivity contribution in [3.05, 3.63) is 23.1 Å². The lowest BCUT2D eigenvalue weighted by Crippen LogP contribution is -2.54. The molecular formula is C17H25ClF2N6O3S. The maximum Gasteiger partial charge on any atom is 0.284 e. The van der Waals surface area contributed by atoms with Crippen molar-refractivity contribution in [2.45, 2.75) is 44.6 Å². The summed E-state index contributed by atoms with van der Waals surface area (Å²) in [5.41, 5.74) is 1.75. The first-order valence-corrected chi connectivity index (χ1v) is 11.4. The highest BCUT2D eigenvalue weighted by molar-refractivity contribution is 7.86. The van der Waals surface area contributed by atoms with Crippen molar-refractivity contribution in [2.75, 3.05) is 31.1 Å². The Labute approximate surface area is 178 Å². The quantitative estimate of drug-likeness (QED) is 0.640. The first kappa shape index (κ1) is 23.1. The number of piperidine rings is 1. The number of nitrogens with two attached hydrogens (primary N) is 1. The molecule has 0 radical (unpaired) electrons. The summed E-state index contributed by atoms with van der Waals surface area (Å²) in [4.78, 5) is 6.36. The van der Waals surface area contributed by atoms with Crippen LogP contribution in [0.5, 0.6) is 0 Å². The first-order chi connectivity index (χ1) is 13.9. The Bertz CT molecular complexity index is 1010. The molecule has 3 heterocycles. The Morgan fingerprint density at radius 1 is 1.40 bits per heavy atom. The SMILES string of the molecule is CC(C)c1cc(Cl)n2ncnc(N3CCC(N(CC(F)(F)CO)S(N)(=O)=O)CC3)c12. The van der Waals surface area contributed by atoms with Gasteiger partial charge in [-0.3, -0.25) is 0 Å². The van der Waals surface area contributed by atoms with Gasteiger partial charge in [0.25, 0.3) is 16.1 Å². The number of rotatable bonds is 7. The van der Waals surface area contributed by atoms with E-state index in [1.165, 1.54) is 6.33 Å². The third-order valence-corrected chi connectivity index (χ3v) is 6.61. The van der Waals surface area contributed by atoms with Gasteiger partial charge in [0.15, 0.2) is 5.82 Å². The van der Waals surface area contributed by atoms with E-state index in [-0.39, 0.29) is 18.8 Å². The third kappa shape index (κ3) is 4.67. The molecule has 168 valence electrons. The van der Waals surface area contributed by atoms with Crippen LogP contribution in [0, 0.1) is 0 Å². The van der Waals surface area contributed by atoms with Gasteiger partial charge >= 0.3 is 0 Å². The van der Waals surface area contributed by atoms with Crippen molar-refractivity contribution in [1.82, 2.24) is 18.9 Å². The molecule has 2 aromatic heterocycles. The summed E-state index contributed by atoms with van der Waals surface area (Å²) in [6, 6.07) is 1.14. The fourth-order valence-corrected chi connectivity index (χ4v) is 5.00. The lowest BCUT2D eigenvalue weighted by Gasteiger charge is -2.38. The summed E-state index contributed by atoms with van der Waals surface area (Å²) in [5.74, 6) is -2.74. The molecule has 1 aliphatic heterocycles. The van der Waals surface area contributed by atoms with Crippen LogP contribution >= 0.6 is 11.6 Å². The minimum atomic E-state index is -4.36. The topological polar surface area (TPSA) is 117 Å². The van der Waals surface area contributed by atoms with E-state index in [1.807, 2.05) is 24.8 Å². The fourth-order valence-electron chi connectivity index (χ4n) is 3.76. The van der Waals surface area contributed by atoms with Gasteiger partial charge in [0.2, 0.25) is 0 Å². The standard InChI is InChI=1S/C17H25ClF2N6O3S/c1-11(2)13-7-14(18)26-15(13)16(22-10-23-26)24-5-3-12(4-6-24)25(30(21,28)29)8-17(19,20)9-27/h7,10-12,27H,3-6,8-9H2,1-2H3,(H2,21,28,29). The molecule has 9 nitrogen and oxygen atoms in total. The second-order valence-electron chi connectivity index (χ2n) is 7.74. The minimum absolute atomic E-state index is 0.174. The maximum atomic E-state index is 13.7. The fraction of sp³-hybridized carbons (Fsp3) is 0.647. The van der Waals surface area contributed by atoms with Crippen LogP contribution in [0.25, 0.3) is 5.52 Å². The van der Waals surface area contributed by atoms with Crippen LogP contribution in [0.15, 0.2) is 12.4 Å². The van der Waals surface area contributed by atoms with Gasteiger partial charge in [-0.25, -0.2) is 23.4 Å². The van der Waals surface area contributed by atoms with Gasteiger partial charge < -0.3 is 10.0 Å². The van der Waals surface area contributed by atoms with Gasteiger partial charge in [-0.1, -0.05) is 25.4 Å². The number of anilines is 1. The van der Waals surface area contributed by atoms with E-state index in [9.17, 15) is 17.2 Å². The molecule has 0 amide bonds. The number of hydrogen-bond donors (Lipinski definition) is 2. The van der Waals surface area contributed by atoms with Crippen LogP contribution < -0.4 is 10.0 Å². The summed E-state index contributed by atoms with van der Waals surface area (Å²) in [6.45, 7) is 2.21. The number of nitrogens with zero attached hydrogens (tertiary/aromatic N) is 5. The van der Waals surface area contributed by atoms with Crippen LogP contribution in [0.4, 0.5) is 14.6 Å². The summed E-state index contributed by atoms with van der Waals surface area (Å²) in [7, 11) is -4.36. The molecule has 30 heavy (non-hydrogen) atoms. The second kappa shape index (κ2) is 8.50. The highest BCUT2D eigenvalue weighted by Crippen LogP contribution is 2.33. The maximum absolute atomic E-state index is 13.7. The van der Waals surface area contributed by atoms with Crippen LogP contribution in [0.3, 0.4) is 0 Å². The molecule has 0 bridgehead atoms. The number of aliphatic hydroxyl groups excluding tert-OH is 1. The molecule has 1 fully saturated rings. The molecule has 3 rings (SSSR count). The molecule has 2 aromatic rings. The highest BCUT2D eigenvalue weighted by Gasteiger charge is 2.40. The Hall–Kier alpha value is -1.60. The minimum Gasteiger partial charge on any atom is -0.390 e. The number of aliphatic hydroxyl groups is 1. The Balaban J connectivity index is 1.85. The van der Waals surface area contributed by atoms with Crippen molar-refractivity contribution in [3.63, 3.8) is 0 Å². The Kier molecular flexibility index (Phi) is 6.54. The molecule has 1 aliphatic rings. The zero-order valence-corrected chi connectivity index (χ0v) is 18.2. The van der Waals surface area contributed by atoms with Gasteiger partial charge in [-0.05, 0) is 30.4 Å². The summed E-state index contributed by atoms with van der Waals surface area (Å²) < 4.78 is 53.4. The number of hydrogen-bond acceptors (Lipinski definition) is 6. The van der Waals surface area contributed by atoms with Crippen LogP contribution in [-0.2, 0) is 10.2 Å². The molecule has 0 atom stereocenters. The second-order valence-corrected chi connectivity index (χ2v) is 9.63. The van der Waals surface area contributed by atoms with E-state index in [0.717, 1.165) is 11.1 Å². The van der Waals surface area contributed by atoms with Crippen molar-refractivity contribution < 1.29 is 22.3 Å². The van der Waals surface area contributed by atoms with E-state index in [1.54, 1.807) is 4.52 Å². The molecular weight excluding hydrogens is 442 g/mol. The number of aromatic nitrogens is 3. The number of fused-ring (bicyclic) bond motifs is 1. The van der Waals surface area contributed by atoms with Gasteiger partial charge in [0, 0.05) is 19.1 Å². The Morgan fingerprint density at radius 2 is 2.03 bits per heavy atom. The zero-order chi connectivity index (χ0) is 22.3. The predicted molar refractivity (Wildman–Crippen MR) is 109 cm³/mol. The molecule has 0 aromatic carbocycles. The summed E-state index contributed by atoms with van der Waals surface area (Å²) >= 11 is 6.30. The van der Waals surface area contributed by atoms with Crippen LogP contribution in [0.2, 0.25) is 5.15 Å². The van der Waals surface area contributed by atoms with Gasteiger partial charge in [0.1, 0.15) is 23.6 Å². The van der Waals surface area contributed by atoms with Gasteiger partial charge in [0.05, 0.1) is 6.54 Å². The Morgan fingerprint density at radius 3 is 2.57 bits per heavy atom. The van der Waals surface area contributed by atoms with E-state index < -0.39 is 35.3 Å². The molecule has 0 unspecified atom stereocenters. The zero-order valence-electron chi connectivity index (χ0n) is 16.7. The predicted octanol–water partition coefficient (Wildman–Crippen LogP) is 1.61. The van der Waals surface area contributed by atoms with Crippen molar-refractivity contribution in [2.24, 2.45) is 5.14 Å². The average Bonchev–Trinajstić information content (AvgIpc) is 3.03. The molecule has 0 aliphatic carbocycles. The normalized spacial score (nSPS) is 16.9. The molecule has 1 saturated heterocycles. The summed E-state index contributed by atoms with van der Waals surface area (Å²) in [6.07, 6.45) is 1.95. The largest absolute Gasteiger partial charge is 0.390 e. The van der Waals surface area contributed by atoms with Crippen LogP contribution in [0.1, 0.15) is 38.2 Å². The molecule has 0 saturated carbocycles. The van der Waals surface area contributed by atoms with Crippen molar-refractivity contribution >= 4 is 33.1 Å². The summed E-state index contributed by atoms with van der Waals surface area (Å²) in [5, 5.41) is 18.7. The van der Waals surface area contributed by atoms with Gasteiger partial charge in [-0.15, -0.1) is 0 Å². The smallest absolute Gasteiger partial charge is 0.284 e. The van der Waals surface area contributed by atoms with Crippen molar-refractivity contribution in [1.29, 1.82) is 0 Å². The van der Waals surface area contributed by atoms with E-state index in [0.29, 0.717) is 28.4 Å². The number of alkyl halides is 2. The lowest BCUT2D eigenvalue weighted by atomic mass is 10.0. The molecule has 0 spiro atoms. The van der Waals surface area contributed by atoms with Crippen LogP contribution in [-0.4, -0.2) is 70.6 Å². The highest BCUT2D eigenvalue weighted by atomic mass is 35.5. The van der Waals surface area contributed by atoms with Gasteiger partial charge in [-0.2, -0.15) is 17.8 Å². The molecule has 13 heteroatoms.